The number of pyridine rings is 1. The van der Waals surface area contributed by atoms with Crippen molar-refractivity contribution in [2.24, 2.45) is 4.99 Å². The quantitative estimate of drug-likeness (QED) is 0.502. The number of hydrogen-bond donors (Lipinski definition) is 1. The SMILES string of the molecule is CN=C(NCc1cn2c(C)cccc2n1)N1CCN(C(=O)Cc2cccc(Cl)c2)CC1. The number of amides is 1. The molecule has 0 unspecified atom stereocenters. The molecule has 1 aliphatic heterocycles. The van der Waals surface area contributed by atoms with Crippen molar-refractivity contribution in [3.05, 3.63) is 70.6 Å². The van der Waals surface area contributed by atoms with E-state index in [0.717, 1.165) is 41.6 Å². The average molecular weight is 439 g/mol. The number of fused-ring (bicyclic) bond motifs is 1. The monoisotopic (exact) mass is 438 g/mol. The van der Waals surface area contributed by atoms with Crippen molar-refractivity contribution in [1.82, 2.24) is 24.5 Å². The number of guanidine groups is 1. The summed E-state index contributed by atoms with van der Waals surface area (Å²) in [7, 11) is 1.78. The second-order valence-electron chi connectivity index (χ2n) is 7.70. The Balaban J connectivity index is 1.30. The van der Waals surface area contributed by atoms with Gasteiger partial charge in [0.1, 0.15) is 5.65 Å². The summed E-state index contributed by atoms with van der Waals surface area (Å²) in [5.74, 6) is 0.959. The average Bonchev–Trinajstić information content (AvgIpc) is 3.19. The Bertz CT molecular complexity index is 1100. The van der Waals surface area contributed by atoms with Gasteiger partial charge in [-0.1, -0.05) is 29.8 Å². The Hall–Kier alpha value is -3.06. The number of aromatic nitrogens is 2. The van der Waals surface area contributed by atoms with E-state index in [0.29, 0.717) is 31.1 Å². The molecule has 0 bridgehead atoms. The van der Waals surface area contributed by atoms with Gasteiger partial charge in [-0.15, -0.1) is 0 Å². The molecule has 8 heteroatoms. The molecule has 1 N–H and O–H groups in total. The van der Waals surface area contributed by atoms with Crippen LogP contribution in [0.4, 0.5) is 0 Å². The van der Waals surface area contributed by atoms with Crippen molar-refractivity contribution in [1.29, 1.82) is 0 Å². The van der Waals surface area contributed by atoms with Gasteiger partial charge in [-0.05, 0) is 36.8 Å². The zero-order chi connectivity index (χ0) is 21.8. The van der Waals surface area contributed by atoms with Crippen LogP contribution in [-0.2, 0) is 17.8 Å². The molecule has 162 valence electrons. The minimum Gasteiger partial charge on any atom is -0.351 e. The molecule has 2 aromatic heterocycles. The fraction of sp³-hybridized carbons (Fsp3) is 0.348. The first-order valence-electron chi connectivity index (χ1n) is 10.4. The largest absolute Gasteiger partial charge is 0.351 e. The van der Waals surface area contributed by atoms with Crippen LogP contribution in [0.25, 0.3) is 5.65 Å². The van der Waals surface area contributed by atoms with Crippen LogP contribution in [0.5, 0.6) is 0 Å². The maximum atomic E-state index is 12.7. The van der Waals surface area contributed by atoms with Crippen molar-refractivity contribution in [3.8, 4) is 0 Å². The molecule has 0 aliphatic carbocycles. The number of nitrogens with zero attached hydrogens (tertiary/aromatic N) is 5. The molecule has 31 heavy (non-hydrogen) atoms. The zero-order valence-electron chi connectivity index (χ0n) is 17.9. The van der Waals surface area contributed by atoms with E-state index in [9.17, 15) is 4.79 Å². The van der Waals surface area contributed by atoms with Crippen molar-refractivity contribution < 1.29 is 4.79 Å². The number of rotatable bonds is 4. The van der Waals surface area contributed by atoms with Crippen LogP contribution in [0.1, 0.15) is 17.0 Å². The third-order valence-corrected chi connectivity index (χ3v) is 5.80. The van der Waals surface area contributed by atoms with Crippen molar-refractivity contribution in [2.45, 2.75) is 19.9 Å². The maximum absolute atomic E-state index is 12.7. The van der Waals surface area contributed by atoms with Gasteiger partial charge in [-0.25, -0.2) is 4.98 Å². The number of piperazine rings is 1. The second kappa shape index (κ2) is 9.39. The number of carbonyl (C=O) groups is 1. The summed E-state index contributed by atoms with van der Waals surface area (Å²) in [6.45, 7) is 5.50. The highest BCUT2D eigenvalue weighted by molar-refractivity contribution is 6.30. The fourth-order valence-corrected chi connectivity index (χ4v) is 4.10. The van der Waals surface area contributed by atoms with Crippen molar-refractivity contribution in [3.63, 3.8) is 0 Å². The van der Waals surface area contributed by atoms with Gasteiger partial charge in [0.25, 0.3) is 0 Å². The summed E-state index contributed by atoms with van der Waals surface area (Å²) < 4.78 is 2.09. The van der Waals surface area contributed by atoms with Gasteiger partial charge in [-0.3, -0.25) is 9.79 Å². The Kier molecular flexibility index (Phi) is 6.42. The Morgan fingerprint density at radius 1 is 1.13 bits per heavy atom. The van der Waals surface area contributed by atoms with Gasteiger partial charge in [0.15, 0.2) is 5.96 Å². The molecule has 0 radical (unpaired) electrons. The summed E-state index contributed by atoms with van der Waals surface area (Å²) in [5, 5.41) is 4.07. The normalized spacial score (nSPS) is 14.9. The van der Waals surface area contributed by atoms with E-state index < -0.39 is 0 Å². The standard InChI is InChI=1S/C23H27ClN6O/c1-17-5-3-8-21-27-20(16-30(17)21)15-26-23(25-2)29-11-9-28(10-12-29)22(31)14-18-6-4-7-19(24)13-18/h3-8,13,16H,9-12,14-15H2,1-2H3,(H,25,26). The van der Waals surface area contributed by atoms with Crippen molar-refractivity contribution in [2.75, 3.05) is 33.2 Å². The summed E-state index contributed by atoms with van der Waals surface area (Å²) in [6.07, 6.45) is 2.43. The molecule has 0 saturated carbocycles. The van der Waals surface area contributed by atoms with Crippen LogP contribution >= 0.6 is 11.6 Å². The van der Waals surface area contributed by atoms with E-state index in [1.807, 2.05) is 41.3 Å². The second-order valence-corrected chi connectivity index (χ2v) is 8.14. The molecule has 3 heterocycles. The molecule has 7 nitrogen and oxygen atoms in total. The highest BCUT2D eigenvalue weighted by Gasteiger charge is 2.23. The van der Waals surface area contributed by atoms with Crippen molar-refractivity contribution >= 4 is 29.1 Å². The lowest BCUT2D eigenvalue weighted by Gasteiger charge is -2.36. The molecule has 1 saturated heterocycles. The number of nitrogens with one attached hydrogen (secondary N) is 1. The van der Waals surface area contributed by atoms with Crippen LogP contribution in [0.3, 0.4) is 0 Å². The van der Waals surface area contributed by atoms with Gasteiger partial charge < -0.3 is 19.5 Å². The molecular weight excluding hydrogens is 412 g/mol. The molecule has 3 aromatic rings. The van der Waals surface area contributed by atoms with Crippen LogP contribution in [-0.4, -0.2) is 64.3 Å². The maximum Gasteiger partial charge on any atom is 0.227 e. The predicted octanol–water partition coefficient (Wildman–Crippen LogP) is 2.76. The van der Waals surface area contributed by atoms with E-state index >= 15 is 0 Å². The summed E-state index contributed by atoms with van der Waals surface area (Å²) in [6, 6.07) is 13.6. The lowest BCUT2D eigenvalue weighted by atomic mass is 10.1. The number of halogens is 1. The van der Waals surface area contributed by atoms with Gasteiger partial charge in [-0.2, -0.15) is 0 Å². The minimum atomic E-state index is 0.130. The highest BCUT2D eigenvalue weighted by atomic mass is 35.5. The number of aryl methyl sites for hydroxylation is 1. The molecule has 0 spiro atoms. The predicted molar refractivity (Wildman–Crippen MR) is 123 cm³/mol. The molecule has 0 atom stereocenters. The van der Waals surface area contributed by atoms with Gasteiger partial charge in [0.05, 0.1) is 18.7 Å². The van der Waals surface area contributed by atoms with Crippen LogP contribution in [0.2, 0.25) is 5.02 Å². The highest BCUT2D eigenvalue weighted by Crippen LogP contribution is 2.13. The van der Waals surface area contributed by atoms with E-state index in [-0.39, 0.29) is 5.91 Å². The third-order valence-electron chi connectivity index (χ3n) is 5.56. The smallest absolute Gasteiger partial charge is 0.227 e. The zero-order valence-corrected chi connectivity index (χ0v) is 18.6. The number of hydrogen-bond acceptors (Lipinski definition) is 3. The molecule has 1 aliphatic rings. The lowest BCUT2D eigenvalue weighted by molar-refractivity contribution is -0.131. The van der Waals surface area contributed by atoms with E-state index in [1.165, 1.54) is 0 Å². The Morgan fingerprint density at radius 2 is 1.87 bits per heavy atom. The number of imidazole rings is 1. The van der Waals surface area contributed by atoms with Crippen LogP contribution in [0, 0.1) is 6.92 Å². The minimum absolute atomic E-state index is 0.130. The molecule has 1 amide bonds. The summed E-state index contributed by atoms with van der Waals surface area (Å²) >= 11 is 6.03. The third kappa shape index (κ3) is 4.99. The van der Waals surface area contributed by atoms with Crippen LogP contribution in [0.15, 0.2) is 53.7 Å². The first kappa shape index (κ1) is 21.2. The number of carbonyl (C=O) groups excluding carboxylic acids is 1. The molecule has 1 fully saturated rings. The number of benzene rings is 1. The van der Waals surface area contributed by atoms with Gasteiger partial charge in [0.2, 0.25) is 5.91 Å². The van der Waals surface area contributed by atoms with Gasteiger partial charge in [0, 0.05) is 50.1 Å². The molecule has 1 aromatic carbocycles. The Morgan fingerprint density at radius 3 is 2.58 bits per heavy atom. The number of aliphatic imine (C=N–C) groups is 1. The molecule has 4 rings (SSSR count). The van der Waals surface area contributed by atoms with E-state index in [4.69, 9.17) is 11.6 Å². The van der Waals surface area contributed by atoms with E-state index in [2.05, 4.69) is 43.8 Å². The fourth-order valence-electron chi connectivity index (χ4n) is 3.89. The van der Waals surface area contributed by atoms with Crippen LogP contribution < -0.4 is 5.32 Å². The summed E-state index contributed by atoms with van der Waals surface area (Å²) in [4.78, 5) is 25.8. The topological polar surface area (TPSA) is 65.2 Å². The Labute approximate surface area is 187 Å². The van der Waals surface area contributed by atoms with Gasteiger partial charge >= 0.3 is 0 Å². The first-order chi connectivity index (χ1) is 15.0. The first-order valence-corrected chi connectivity index (χ1v) is 10.8. The summed E-state index contributed by atoms with van der Waals surface area (Å²) in [5.41, 5.74) is 4.00. The lowest BCUT2D eigenvalue weighted by Crippen LogP contribution is -2.53. The van der Waals surface area contributed by atoms with E-state index in [1.54, 1.807) is 7.05 Å². The molecular formula is C23H27ClN6O.